The smallest absolute Gasteiger partial charge is 0.262 e. The summed E-state index contributed by atoms with van der Waals surface area (Å²) in [4.78, 5) is 29.4. The van der Waals surface area contributed by atoms with E-state index in [4.69, 9.17) is 4.74 Å². The number of hydrogen-bond acceptors (Lipinski definition) is 4. The third kappa shape index (κ3) is 6.25. The monoisotopic (exact) mass is 485 g/mol. The minimum atomic E-state index is -0.197. The van der Waals surface area contributed by atoms with Crippen molar-refractivity contribution in [2.24, 2.45) is 0 Å². The number of carbonyl (C=O) groups is 2. The van der Waals surface area contributed by atoms with E-state index in [-0.39, 0.29) is 18.4 Å². The Morgan fingerprint density at radius 2 is 1.58 bits per heavy atom. The predicted octanol–water partition coefficient (Wildman–Crippen LogP) is 5.49. The van der Waals surface area contributed by atoms with Gasteiger partial charge in [0.2, 0.25) is 0 Å². The van der Waals surface area contributed by atoms with Gasteiger partial charge in [0, 0.05) is 43.1 Å². The Morgan fingerprint density at radius 3 is 2.22 bits per heavy atom. The summed E-state index contributed by atoms with van der Waals surface area (Å²) in [7, 11) is 0. The van der Waals surface area contributed by atoms with Gasteiger partial charge in [0.05, 0.1) is 0 Å². The molecule has 2 amide bonds. The van der Waals surface area contributed by atoms with Crippen molar-refractivity contribution in [3.8, 4) is 5.75 Å². The van der Waals surface area contributed by atoms with Crippen LogP contribution in [-0.2, 0) is 4.79 Å². The second-order valence-corrected chi connectivity index (χ2v) is 9.36. The van der Waals surface area contributed by atoms with Crippen LogP contribution in [-0.4, -0.2) is 49.5 Å². The number of carbonyl (C=O) groups excluding carboxylic acids is 2. The van der Waals surface area contributed by atoms with E-state index >= 15 is 0 Å². The number of nitrogens with one attached hydrogen (secondary N) is 1. The molecule has 1 saturated heterocycles. The predicted molar refractivity (Wildman–Crippen MR) is 145 cm³/mol. The minimum absolute atomic E-state index is 0.0404. The highest BCUT2D eigenvalue weighted by Gasteiger charge is 2.23. The topological polar surface area (TPSA) is 61.9 Å². The van der Waals surface area contributed by atoms with E-state index in [2.05, 4.69) is 36.2 Å². The lowest BCUT2D eigenvalue weighted by Crippen LogP contribution is -2.48. The Balaban J connectivity index is 1.24. The van der Waals surface area contributed by atoms with Gasteiger partial charge in [0.1, 0.15) is 5.75 Å². The van der Waals surface area contributed by atoms with Crippen LogP contribution in [0.4, 0.5) is 11.4 Å². The van der Waals surface area contributed by atoms with Crippen LogP contribution >= 0.6 is 0 Å². The number of piperazine rings is 1. The van der Waals surface area contributed by atoms with Crippen LogP contribution in [0.15, 0.2) is 72.8 Å². The van der Waals surface area contributed by atoms with Crippen molar-refractivity contribution in [2.45, 2.75) is 33.1 Å². The van der Waals surface area contributed by atoms with Gasteiger partial charge in [-0.15, -0.1) is 0 Å². The maximum absolute atomic E-state index is 12.9. The van der Waals surface area contributed by atoms with Gasteiger partial charge in [-0.05, 0) is 72.9 Å². The zero-order valence-corrected chi connectivity index (χ0v) is 21.4. The van der Waals surface area contributed by atoms with Gasteiger partial charge in [0.15, 0.2) is 6.61 Å². The fraction of sp³-hybridized carbons (Fsp3) is 0.333. The average Bonchev–Trinajstić information content (AvgIpc) is 2.92. The fourth-order valence-electron chi connectivity index (χ4n) is 4.38. The molecule has 0 unspecified atom stereocenters. The molecule has 3 aromatic rings. The van der Waals surface area contributed by atoms with Crippen LogP contribution in [0, 0.1) is 6.92 Å². The Morgan fingerprint density at radius 1 is 0.917 bits per heavy atom. The molecule has 0 aliphatic carbocycles. The molecule has 1 fully saturated rings. The molecular formula is C30H35N3O3. The van der Waals surface area contributed by atoms with Crippen molar-refractivity contribution < 1.29 is 14.3 Å². The van der Waals surface area contributed by atoms with Crippen molar-refractivity contribution in [1.82, 2.24) is 4.90 Å². The highest BCUT2D eigenvalue weighted by molar-refractivity contribution is 5.95. The minimum Gasteiger partial charge on any atom is -0.484 e. The van der Waals surface area contributed by atoms with E-state index < -0.39 is 0 Å². The lowest BCUT2D eigenvalue weighted by atomic mass is 9.99. The second-order valence-electron chi connectivity index (χ2n) is 9.36. The molecule has 188 valence electrons. The molecule has 0 aromatic heterocycles. The van der Waals surface area contributed by atoms with E-state index in [0.717, 1.165) is 42.0 Å². The van der Waals surface area contributed by atoms with Crippen LogP contribution in [0.3, 0.4) is 0 Å². The van der Waals surface area contributed by atoms with Gasteiger partial charge < -0.3 is 19.9 Å². The number of nitrogens with zero attached hydrogens (tertiary/aromatic N) is 2. The molecule has 6 heteroatoms. The number of ether oxygens (including phenoxy) is 1. The Labute approximate surface area is 213 Å². The summed E-state index contributed by atoms with van der Waals surface area (Å²) < 4.78 is 5.64. The molecule has 1 heterocycles. The van der Waals surface area contributed by atoms with E-state index in [0.29, 0.717) is 24.8 Å². The molecule has 36 heavy (non-hydrogen) atoms. The first kappa shape index (κ1) is 25.3. The molecule has 4 rings (SSSR count). The van der Waals surface area contributed by atoms with Gasteiger partial charge in [-0.3, -0.25) is 9.59 Å². The van der Waals surface area contributed by atoms with Gasteiger partial charge in [-0.25, -0.2) is 0 Å². The molecule has 3 aromatic carbocycles. The van der Waals surface area contributed by atoms with Crippen molar-refractivity contribution in [2.75, 3.05) is 43.0 Å². The van der Waals surface area contributed by atoms with E-state index in [1.807, 2.05) is 72.5 Å². The zero-order valence-electron chi connectivity index (χ0n) is 21.4. The largest absolute Gasteiger partial charge is 0.484 e. The lowest BCUT2D eigenvalue weighted by Gasteiger charge is -2.36. The van der Waals surface area contributed by atoms with Gasteiger partial charge >= 0.3 is 0 Å². The maximum Gasteiger partial charge on any atom is 0.262 e. The van der Waals surface area contributed by atoms with Crippen LogP contribution in [0.5, 0.6) is 5.75 Å². The van der Waals surface area contributed by atoms with Crippen molar-refractivity contribution in [3.05, 3.63) is 89.5 Å². The van der Waals surface area contributed by atoms with E-state index in [1.54, 1.807) is 0 Å². The highest BCUT2D eigenvalue weighted by Crippen LogP contribution is 2.23. The number of aryl methyl sites for hydroxylation is 1. The Kier molecular flexibility index (Phi) is 8.26. The third-order valence-electron chi connectivity index (χ3n) is 6.89. The number of amides is 2. The molecular weight excluding hydrogens is 450 g/mol. The molecule has 0 radical (unpaired) electrons. The first-order valence-electron chi connectivity index (χ1n) is 12.7. The summed E-state index contributed by atoms with van der Waals surface area (Å²) >= 11 is 0. The second kappa shape index (κ2) is 11.8. The van der Waals surface area contributed by atoms with Gasteiger partial charge in [-0.1, -0.05) is 44.2 Å². The standard InChI is InChI=1S/C30H35N3O3/c1-4-22(2)24-9-15-27(16-10-24)36-21-29(34)31-25-11-13-26(14-12-25)32-17-19-33(20-18-32)30(35)28-8-6-5-7-23(28)3/h5-16,22H,4,17-21H2,1-3H3,(H,31,34)/t22-/m1/s1. The summed E-state index contributed by atoms with van der Waals surface area (Å²) in [5, 5.41) is 2.89. The number of hydrogen-bond donors (Lipinski definition) is 1. The summed E-state index contributed by atoms with van der Waals surface area (Å²) in [5.74, 6) is 1.10. The van der Waals surface area contributed by atoms with E-state index in [9.17, 15) is 9.59 Å². The zero-order chi connectivity index (χ0) is 25.5. The van der Waals surface area contributed by atoms with Gasteiger partial charge in [0.25, 0.3) is 11.8 Å². The van der Waals surface area contributed by atoms with Crippen LogP contribution in [0.1, 0.15) is 47.7 Å². The molecule has 0 spiro atoms. The molecule has 1 aliphatic heterocycles. The molecule has 0 bridgehead atoms. The summed E-state index contributed by atoms with van der Waals surface area (Å²) in [5.41, 5.74) is 4.86. The number of rotatable bonds is 8. The maximum atomic E-state index is 12.9. The molecule has 1 aliphatic rings. The highest BCUT2D eigenvalue weighted by atomic mass is 16.5. The van der Waals surface area contributed by atoms with Crippen molar-refractivity contribution >= 4 is 23.2 Å². The van der Waals surface area contributed by atoms with Crippen LogP contribution in [0.2, 0.25) is 0 Å². The summed E-state index contributed by atoms with van der Waals surface area (Å²) in [6.45, 7) is 9.20. The Bertz CT molecular complexity index is 1170. The van der Waals surface area contributed by atoms with Gasteiger partial charge in [-0.2, -0.15) is 0 Å². The summed E-state index contributed by atoms with van der Waals surface area (Å²) in [6, 6.07) is 23.5. The number of anilines is 2. The van der Waals surface area contributed by atoms with Crippen LogP contribution < -0.4 is 15.0 Å². The van der Waals surface area contributed by atoms with Crippen molar-refractivity contribution in [1.29, 1.82) is 0 Å². The first-order chi connectivity index (χ1) is 17.4. The molecule has 1 N–H and O–H groups in total. The molecule has 0 saturated carbocycles. The quantitative estimate of drug-likeness (QED) is 0.458. The normalized spacial score (nSPS) is 14.3. The molecule has 1 atom stereocenters. The van der Waals surface area contributed by atoms with Crippen molar-refractivity contribution in [3.63, 3.8) is 0 Å². The van der Waals surface area contributed by atoms with Crippen LogP contribution in [0.25, 0.3) is 0 Å². The fourth-order valence-corrected chi connectivity index (χ4v) is 4.38. The first-order valence-corrected chi connectivity index (χ1v) is 12.7. The summed E-state index contributed by atoms with van der Waals surface area (Å²) in [6.07, 6.45) is 1.09. The third-order valence-corrected chi connectivity index (χ3v) is 6.89. The Hall–Kier alpha value is -3.80. The molecule has 6 nitrogen and oxygen atoms in total. The lowest BCUT2D eigenvalue weighted by molar-refractivity contribution is -0.118. The number of benzene rings is 3. The average molecular weight is 486 g/mol. The van der Waals surface area contributed by atoms with E-state index in [1.165, 1.54) is 5.56 Å². The SMILES string of the molecule is CC[C@@H](C)c1ccc(OCC(=O)Nc2ccc(N3CCN(C(=O)c4ccccc4C)CC3)cc2)cc1.